The number of likely N-dealkylation sites (tertiary alicyclic amines) is 1. The second-order valence-electron chi connectivity index (χ2n) is 8.77. The van der Waals surface area contributed by atoms with Crippen LogP contribution in [0.1, 0.15) is 41.4 Å². The molecule has 4 rings (SSSR count). The van der Waals surface area contributed by atoms with E-state index in [1.807, 2.05) is 0 Å². The van der Waals surface area contributed by atoms with Crippen LogP contribution in [-0.4, -0.2) is 42.4 Å². The molecule has 0 N–H and O–H groups in total. The van der Waals surface area contributed by atoms with Gasteiger partial charge in [0.15, 0.2) is 5.76 Å². The number of halogens is 1. The second-order valence-corrected chi connectivity index (χ2v) is 8.77. The first-order valence-corrected chi connectivity index (χ1v) is 12.1. The van der Waals surface area contributed by atoms with Crippen molar-refractivity contribution >= 4 is 23.5 Å². The number of benzene rings is 2. The first kappa shape index (κ1) is 25.2. The Labute approximate surface area is 209 Å². The molecule has 2 heterocycles. The maximum absolute atomic E-state index is 13.7. The molecule has 188 valence electrons. The third-order valence-corrected chi connectivity index (χ3v) is 6.20. The lowest BCUT2D eigenvalue weighted by atomic mass is 9.97. The number of nitrogens with zero attached hydrogens (tertiary/aromatic N) is 2. The van der Waals surface area contributed by atoms with Crippen LogP contribution >= 0.6 is 0 Å². The molecule has 0 saturated carbocycles. The first-order valence-electron chi connectivity index (χ1n) is 12.1. The zero-order valence-electron chi connectivity index (χ0n) is 20.2. The molecule has 0 aliphatic carbocycles. The van der Waals surface area contributed by atoms with Gasteiger partial charge in [-0.05, 0) is 67.3 Å². The molecule has 0 radical (unpaired) electrons. The summed E-state index contributed by atoms with van der Waals surface area (Å²) in [7, 11) is 0. The minimum Gasteiger partial charge on any atom is -0.466 e. The Bertz CT molecular complexity index is 1190. The molecule has 3 aromatic rings. The van der Waals surface area contributed by atoms with Gasteiger partial charge in [-0.25, -0.2) is 4.39 Å². The van der Waals surface area contributed by atoms with Gasteiger partial charge in [0.2, 0.25) is 5.91 Å². The monoisotopic (exact) mass is 492 g/mol. The molecule has 0 unspecified atom stereocenters. The Kier molecular flexibility index (Phi) is 8.15. The molecule has 36 heavy (non-hydrogen) atoms. The molecule has 2 amide bonds. The minimum atomic E-state index is -0.380. The third kappa shape index (κ3) is 6.19. The van der Waals surface area contributed by atoms with E-state index < -0.39 is 0 Å². The van der Waals surface area contributed by atoms with Gasteiger partial charge in [-0.15, -0.1) is 0 Å². The molecule has 1 aliphatic heterocycles. The summed E-state index contributed by atoms with van der Waals surface area (Å²) < 4.78 is 24.2. The molecule has 0 spiro atoms. The van der Waals surface area contributed by atoms with Crippen molar-refractivity contribution in [1.29, 1.82) is 0 Å². The van der Waals surface area contributed by atoms with Crippen molar-refractivity contribution in [3.63, 3.8) is 0 Å². The molecular weight excluding hydrogens is 463 g/mol. The first-order chi connectivity index (χ1) is 17.4. The number of ether oxygens (including phenoxy) is 1. The minimum absolute atomic E-state index is 0.0555. The number of anilines is 1. The van der Waals surface area contributed by atoms with E-state index in [0.29, 0.717) is 30.9 Å². The largest absolute Gasteiger partial charge is 0.466 e. The number of hydrogen-bond donors (Lipinski definition) is 0. The van der Waals surface area contributed by atoms with Gasteiger partial charge in [0, 0.05) is 18.8 Å². The highest BCUT2D eigenvalue weighted by atomic mass is 19.1. The number of rotatable bonds is 8. The predicted molar refractivity (Wildman–Crippen MR) is 132 cm³/mol. The number of hydrogen-bond acceptors (Lipinski definition) is 5. The number of carbonyl (C=O) groups excluding carboxylic acids is 3. The van der Waals surface area contributed by atoms with Gasteiger partial charge in [0.1, 0.15) is 5.82 Å². The Morgan fingerprint density at radius 2 is 1.89 bits per heavy atom. The highest BCUT2D eigenvalue weighted by Gasteiger charge is 2.29. The molecule has 7 nitrogen and oxygen atoms in total. The third-order valence-electron chi connectivity index (χ3n) is 6.20. The summed E-state index contributed by atoms with van der Waals surface area (Å²) in [4.78, 5) is 41.4. The lowest BCUT2D eigenvalue weighted by Gasteiger charge is -2.31. The second kappa shape index (κ2) is 11.7. The highest BCUT2D eigenvalue weighted by Crippen LogP contribution is 2.23. The molecule has 0 bridgehead atoms. The normalized spacial score (nSPS) is 15.4. The van der Waals surface area contributed by atoms with Crippen LogP contribution in [0.2, 0.25) is 0 Å². The standard InChI is InChI=1S/C28H29FN2O5/c1-2-35-28(34)22-7-4-14-30(19-22)26(32)17-20-10-12-24(13-11-20)31(27(33)25-9-5-15-36-25)18-21-6-3-8-23(29)16-21/h3,5-6,8-13,15-16,22H,2,4,7,14,17-19H2,1H3/t22-/m0/s1. The number of piperidine rings is 1. The average Bonchev–Trinajstić information content (AvgIpc) is 3.43. The number of furan rings is 1. The van der Waals surface area contributed by atoms with Crippen LogP contribution < -0.4 is 4.90 Å². The highest BCUT2D eigenvalue weighted by molar-refractivity contribution is 6.04. The fourth-order valence-electron chi connectivity index (χ4n) is 4.37. The summed E-state index contributed by atoms with van der Waals surface area (Å²) in [5.74, 6) is -1.15. The number of esters is 1. The SMILES string of the molecule is CCOC(=O)[C@H]1CCCN(C(=O)Cc2ccc(N(Cc3cccc(F)c3)C(=O)c3ccco3)cc2)C1. The van der Waals surface area contributed by atoms with Crippen molar-refractivity contribution in [1.82, 2.24) is 4.90 Å². The molecular formula is C28H29FN2O5. The van der Waals surface area contributed by atoms with Crippen LogP contribution in [0.5, 0.6) is 0 Å². The van der Waals surface area contributed by atoms with Crippen molar-refractivity contribution in [3.8, 4) is 0 Å². The fraction of sp³-hybridized carbons (Fsp3) is 0.321. The quantitative estimate of drug-likeness (QED) is 0.429. The van der Waals surface area contributed by atoms with E-state index >= 15 is 0 Å². The fourth-order valence-corrected chi connectivity index (χ4v) is 4.37. The topological polar surface area (TPSA) is 80.1 Å². The van der Waals surface area contributed by atoms with Gasteiger partial charge in [-0.1, -0.05) is 24.3 Å². The van der Waals surface area contributed by atoms with Gasteiger partial charge in [-0.2, -0.15) is 0 Å². The van der Waals surface area contributed by atoms with E-state index in [4.69, 9.17) is 9.15 Å². The van der Waals surface area contributed by atoms with E-state index in [1.54, 1.807) is 60.4 Å². The van der Waals surface area contributed by atoms with Gasteiger partial charge in [0.05, 0.1) is 31.8 Å². The van der Waals surface area contributed by atoms with Crippen molar-refractivity contribution in [2.75, 3.05) is 24.6 Å². The molecule has 1 aromatic heterocycles. The van der Waals surface area contributed by atoms with E-state index in [0.717, 1.165) is 18.4 Å². The van der Waals surface area contributed by atoms with Crippen molar-refractivity contribution in [3.05, 3.63) is 89.6 Å². The molecule has 1 fully saturated rings. The summed E-state index contributed by atoms with van der Waals surface area (Å²) in [6.45, 7) is 3.24. The Morgan fingerprint density at radius 1 is 1.08 bits per heavy atom. The summed E-state index contributed by atoms with van der Waals surface area (Å²) in [5, 5.41) is 0. The van der Waals surface area contributed by atoms with Crippen LogP contribution in [0.4, 0.5) is 10.1 Å². The van der Waals surface area contributed by atoms with E-state index in [9.17, 15) is 18.8 Å². The van der Waals surface area contributed by atoms with Crippen LogP contribution in [0.25, 0.3) is 0 Å². The van der Waals surface area contributed by atoms with Gasteiger partial charge >= 0.3 is 5.97 Å². The summed E-state index contributed by atoms with van der Waals surface area (Å²) in [6.07, 6.45) is 3.10. The summed E-state index contributed by atoms with van der Waals surface area (Å²) in [5.41, 5.74) is 2.02. The Balaban J connectivity index is 1.46. The number of amides is 2. The van der Waals surface area contributed by atoms with Crippen LogP contribution in [0.15, 0.2) is 71.3 Å². The van der Waals surface area contributed by atoms with Crippen LogP contribution in [-0.2, 0) is 27.3 Å². The van der Waals surface area contributed by atoms with E-state index in [-0.39, 0.29) is 48.2 Å². The van der Waals surface area contributed by atoms with Crippen molar-refractivity contribution in [2.45, 2.75) is 32.7 Å². The summed E-state index contributed by atoms with van der Waals surface area (Å²) in [6, 6.07) is 16.4. The molecule has 1 saturated heterocycles. The van der Waals surface area contributed by atoms with E-state index in [1.165, 1.54) is 23.3 Å². The van der Waals surface area contributed by atoms with Gasteiger partial charge < -0.3 is 19.0 Å². The zero-order chi connectivity index (χ0) is 25.5. The zero-order valence-corrected chi connectivity index (χ0v) is 20.2. The Hall–Kier alpha value is -3.94. The van der Waals surface area contributed by atoms with Gasteiger partial charge in [-0.3, -0.25) is 14.4 Å². The van der Waals surface area contributed by atoms with Crippen molar-refractivity contribution < 1.29 is 27.9 Å². The van der Waals surface area contributed by atoms with Crippen molar-refractivity contribution in [2.24, 2.45) is 5.92 Å². The van der Waals surface area contributed by atoms with Crippen LogP contribution in [0.3, 0.4) is 0 Å². The maximum Gasteiger partial charge on any atom is 0.310 e. The van der Waals surface area contributed by atoms with Crippen LogP contribution in [0, 0.1) is 11.7 Å². The summed E-state index contributed by atoms with van der Waals surface area (Å²) >= 11 is 0. The predicted octanol–water partition coefficient (Wildman–Crippen LogP) is 4.61. The lowest BCUT2D eigenvalue weighted by molar-refractivity contribution is -0.151. The molecule has 2 aromatic carbocycles. The molecule has 1 atom stereocenters. The van der Waals surface area contributed by atoms with E-state index in [2.05, 4.69) is 0 Å². The average molecular weight is 493 g/mol. The molecule has 8 heteroatoms. The number of carbonyl (C=O) groups is 3. The smallest absolute Gasteiger partial charge is 0.310 e. The Morgan fingerprint density at radius 3 is 2.58 bits per heavy atom. The molecule has 1 aliphatic rings. The maximum atomic E-state index is 13.7. The lowest BCUT2D eigenvalue weighted by Crippen LogP contribution is -2.43. The van der Waals surface area contributed by atoms with Gasteiger partial charge in [0.25, 0.3) is 5.91 Å².